The summed E-state index contributed by atoms with van der Waals surface area (Å²) in [7, 11) is -2.24. The van der Waals surface area contributed by atoms with Gasteiger partial charge in [0.15, 0.2) is 0 Å². The Bertz CT molecular complexity index is 897. The molecule has 7 nitrogen and oxygen atoms in total. The zero-order chi connectivity index (χ0) is 18.7. The van der Waals surface area contributed by atoms with Gasteiger partial charge in [0.1, 0.15) is 17.6 Å². The van der Waals surface area contributed by atoms with Gasteiger partial charge in [-0.2, -0.15) is 4.31 Å². The van der Waals surface area contributed by atoms with Gasteiger partial charge in [0.2, 0.25) is 15.9 Å². The molecule has 3 rings (SSSR count). The minimum Gasteiger partial charge on any atom is -0.497 e. The number of amides is 1. The highest BCUT2D eigenvalue weighted by molar-refractivity contribution is 7.89. The van der Waals surface area contributed by atoms with E-state index in [0.717, 1.165) is 5.69 Å². The predicted molar refractivity (Wildman–Crippen MR) is 97.5 cm³/mol. The molecule has 26 heavy (non-hydrogen) atoms. The van der Waals surface area contributed by atoms with Gasteiger partial charge in [-0.25, -0.2) is 13.4 Å². The Kier molecular flexibility index (Phi) is 5.24. The van der Waals surface area contributed by atoms with Crippen LogP contribution in [0.1, 0.15) is 18.5 Å². The Morgan fingerprint density at radius 2 is 1.96 bits per heavy atom. The fourth-order valence-corrected chi connectivity index (χ4v) is 4.65. The van der Waals surface area contributed by atoms with Crippen LogP contribution in [0.5, 0.6) is 5.75 Å². The number of aryl methyl sites for hydroxylation is 1. The van der Waals surface area contributed by atoms with E-state index in [1.807, 2.05) is 13.0 Å². The number of hydrogen-bond acceptors (Lipinski definition) is 5. The first-order valence-corrected chi connectivity index (χ1v) is 9.76. The SMILES string of the molecule is COc1ccc(S(=O)(=O)N2CCCC2C(=O)Nc2cccc(C)n2)cc1. The average molecular weight is 375 g/mol. The molecule has 2 aromatic rings. The molecule has 0 radical (unpaired) electrons. The van der Waals surface area contributed by atoms with Crippen molar-refractivity contribution in [1.29, 1.82) is 0 Å². The maximum atomic E-state index is 12.9. The first-order valence-electron chi connectivity index (χ1n) is 8.32. The number of sulfonamides is 1. The lowest BCUT2D eigenvalue weighted by molar-refractivity contribution is -0.119. The lowest BCUT2D eigenvalue weighted by Gasteiger charge is -2.23. The molecule has 1 aromatic heterocycles. The van der Waals surface area contributed by atoms with Crippen LogP contribution < -0.4 is 10.1 Å². The molecule has 1 N–H and O–H groups in total. The average Bonchev–Trinajstić information content (AvgIpc) is 3.12. The van der Waals surface area contributed by atoms with E-state index in [-0.39, 0.29) is 10.8 Å². The fraction of sp³-hybridized carbons (Fsp3) is 0.333. The number of carbonyl (C=O) groups is 1. The van der Waals surface area contributed by atoms with Crippen molar-refractivity contribution in [2.75, 3.05) is 19.0 Å². The Morgan fingerprint density at radius 1 is 1.23 bits per heavy atom. The molecule has 1 saturated heterocycles. The summed E-state index contributed by atoms with van der Waals surface area (Å²) in [5.74, 6) is 0.631. The van der Waals surface area contributed by atoms with Crippen molar-refractivity contribution < 1.29 is 17.9 Å². The zero-order valence-corrected chi connectivity index (χ0v) is 15.5. The number of ether oxygens (including phenoxy) is 1. The summed E-state index contributed by atoms with van der Waals surface area (Å²) in [5.41, 5.74) is 0.775. The summed E-state index contributed by atoms with van der Waals surface area (Å²) < 4.78 is 32.2. The van der Waals surface area contributed by atoms with Crippen molar-refractivity contribution in [3.05, 3.63) is 48.2 Å². The highest BCUT2D eigenvalue weighted by Gasteiger charge is 2.39. The molecule has 1 amide bonds. The third-order valence-electron chi connectivity index (χ3n) is 4.31. The summed E-state index contributed by atoms with van der Waals surface area (Å²) in [6.07, 6.45) is 1.11. The number of pyridine rings is 1. The maximum absolute atomic E-state index is 12.9. The van der Waals surface area contributed by atoms with Gasteiger partial charge in [0, 0.05) is 12.2 Å². The normalized spacial score (nSPS) is 17.8. The summed E-state index contributed by atoms with van der Waals surface area (Å²) in [4.78, 5) is 17.0. The second-order valence-electron chi connectivity index (χ2n) is 6.10. The molecule has 1 unspecified atom stereocenters. The van der Waals surface area contributed by atoms with E-state index in [0.29, 0.717) is 31.0 Å². The molecule has 0 saturated carbocycles. The van der Waals surface area contributed by atoms with Gasteiger partial charge in [-0.05, 0) is 56.2 Å². The van der Waals surface area contributed by atoms with E-state index in [1.54, 1.807) is 24.3 Å². The molecule has 138 valence electrons. The van der Waals surface area contributed by atoms with E-state index in [2.05, 4.69) is 10.3 Å². The maximum Gasteiger partial charge on any atom is 0.243 e. The van der Waals surface area contributed by atoms with Crippen LogP contribution in [-0.4, -0.2) is 43.3 Å². The monoisotopic (exact) mass is 375 g/mol. The van der Waals surface area contributed by atoms with Crippen LogP contribution in [0.15, 0.2) is 47.4 Å². The van der Waals surface area contributed by atoms with Gasteiger partial charge in [-0.15, -0.1) is 0 Å². The standard InChI is InChI=1S/C18H21N3O4S/c1-13-5-3-7-17(19-13)20-18(22)16-6-4-12-21(16)26(23,24)15-10-8-14(25-2)9-11-15/h3,5,7-11,16H,4,6,12H2,1-2H3,(H,19,20,22). The first-order chi connectivity index (χ1) is 12.4. The highest BCUT2D eigenvalue weighted by atomic mass is 32.2. The van der Waals surface area contributed by atoms with Crippen LogP contribution in [0.3, 0.4) is 0 Å². The van der Waals surface area contributed by atoms with Crippen molar-refractivity contribution in [3.63, 3.8) is 0 Å². The number of nitrogens with one attached hydrogen (secondary N) is 1. The Morgan fingerprint density at radius 3 is 2.62 bits per heavy atom. The van der Waals surface area contributed by atoms with E-state index in [1.165, 1.54) is 23.5 Å². The quantitative estimate of drug-likeness (QED) is 0.865. The van der Waals surface area contributed by atoms with Gasteiger partial charge in [-0.3, -0.25) is 4.79 Å². The first kappa shape index (κ1) is 18.3. The number of carbonyl (C=O) groups excluding carboxylic acids is 1. The van der Waals surface area contributed by atoms with Crippen molar-refractivity contribution in [3.8, 4) is 5.75 Å². The Hall–Kier alpha value is -2.45. The second-order valence-corrected chi connectivity index (χ2v) is 7.99. The third kappa shape index (κ3) is 3.71. The number of rotatable bonds is 5. The van der Waals surface area contributed by atoms with Crippen LogP contribution in [-0.2, 0) is 14.8 Å². The third-order valence-corrected chi connectivity index (χ3v) is 6.23. The van der Waals surface area contributed by atoms with Crippen LogP contribution >= 0.6 is 0 Å². The molecular formula is C18H21N3O4S. The molecule has 1 aromatic carbocycles. The summed E-state index contributed by atoms with van der Waals surface area (Å²) >= 11 is 0. The molecule has 1 aliphatic rings. The van der Waals surface area contributed by atoms with Crippen LogP contribution in [0, 0.1) is 6.92 Å². The van der Waals surface area contributed by atoms with E-state index < -0.39 is 16.1 Å². The van der Waals surface area contributed by atoms with Crippen molar-refractivity contribution in [2.45, 2.75) is 30.7 Å². The number of aromatic nitrogens is 1. The zero-order valence-electron chi connectivity index (χ0n) is 14.7. The lowest BCUT2D eigenvalue weighted by atomic mass is 10.2. The van der Waals surface area contributed by atoms with Gasteiger partial charge in [0.05, 0.1) is 12.0 Å². The molecule has 1 fully saturated rings. The van der Waals surface area contributed by atoms with E-state index in [4.69, 9.17) is 4.74 Å². The summed E-state index contributed by atoms with van der Waals surface area (Å²) in [6, 6.07) is 10.7. The lowest BCUT2D eigenvalue weighted by Crippen LogP contribution is -2.43. The van der Waals surface area contributed by atoms with E-state index >= 15 is 0 Å². The largest absolute Gasteiger partial charge is 0.497 e. The molecule has 0 aliphatic carbocycles. The number of benzene rings is 1. The van der Waals surface area contributed by atoms with E-state index in [9.17, 15) is 13.2 Å². The van der Waals surface area contributed by atoms with Gasteiger partial charge >= 0.3 is 0 Å². The number of anilines is 1. The fourth-order valence-electron chi connectivity index (χ4n) is 3.00. The Balaban J connectivity index is 1.81. The predicted octanol–water partition coefficient (Wildman–Crippen LogP) is 2.19. The second kappa shape index (κ2) is 7.43. The van der Waals surface area contributed by atoms with Crippen molar-refractivity contribution in [2.24, 2.45) is 0 Å². The highest BCUT2D eigenvalue weighted by Crippen LogP contribution is 2.28. The van der Waals surface area contributed by atoms with Crippen LogP contribution in [0.25, 0.3) is 0 Å². The van der Waals surface area contributed by atoms with Gasteiger partial charge in [0.25, 0.3) is 0 Å². The topological polar surface area (TPSA) is 88.6 Å². The van der Waals surface area contributed by atoms with Crippen molar-refractivity contribution >= 4 is 21.7 Å². The van der Waals surface area contributed by atoms with Gasteiger partial charge < -0.3 is 10.1 Å². The Labute approximate surface area is 153 Å². The summed E-state index contributed by atoms with van der Waals surface area (Å²) in [5, 5.41) is 2.72. The minimum absolute atomic E-state index is 0.145. The molecular weight excluding hydrogens is 354 g/mol. The number of methoxy groups -OCH3 is 1. The smallest absolute Gasteiger partial charge is 0.243 e. The molecule has 2 heterocycles. The number of hydrogen-bond donors (Lipinski definition) is 1. The molecule has 1 aliphatic heterocycles. The molecule has 8 heteroatoms. The minimum atomic E-state index is -3.76. The van der Waals surface area contributed by atoms with Crippen molar-refractivity contribution in [1.82, 2.24) is 9.29 Å². The molecule has 1 atom stereocenters. The van der Waals surface area contributed by atoms with Crippen LogP contribution in [0.4, 0.5) is 5.82 Å². The molecule has 0 spiro atoms. The number of nitrogens with zero attached hydrogens (tertiary/aromatic N) is 2. The summed E-state index contributed by atoms with van der Waals surface area (Å²) in [6.45, 7) is 2.14. The van der Waals surface area contributed by atoms with Crippen LogP contribution in [0.2, 0.25) is 0 Å². The van der Waals surface area contributed by atoms with Gasteiger partial charge in [-0.1, -0.05) is 6.07 Å². The molecule has 0 bridgehead atoms.